The normalized spacial score (nSPS) is 20.7. The van der Waals surface area contributed by atoms with Crippen molar-refractivity contribution in [3.05, 3.63) is 42.5 Å². The van der Waals surface area contributed by atoms with Gasteiger partial charge in [-0.25, -0.2) is 14.7 Å². The molecule has 2 unspecified atom stereocenters. The molecule has 2 atom stereocenters. The SMILES string of the molecule is COc1cc(OC)cc(N2C(=O)C3CC(NC(=O)c4cnccn4)CCN3C2=O)c1. The van der Waals surface area contributed by atoms with Crippen LogP contribution in [0.1, 0.15) is 23.3 Å². The zero-order valence-electron chi connectivity index (χ0n) is 16.6. The molecule has 0 saturated carbocycles. The Labute approximate surface area is 172 Å². The van der Waals surface area contributed by atoms with Gasteiger partial charge in [-0.05, 0) is 12.8 Å². The number of fused-ring (bicyclic) bond motifs is 1. The van der Waals surface area contributed by atoms with Crippen molar-refractivity contribution in [3.8, 4) is 11.5 Å². The molecule has 30 heavy (non-hydrogen) atoms. The number of anilines is 1. The number of nitrogens with zero attached hydrogens (tertiary/aromatic N) is 4. The van der Waals surface area contributed by atoms with Gasteiger partial charge in [-0.2, -0.15) is 0 Å². The number of hydrogen-bond donors (Lipinski definition) is 1. The van der Waals surface area contributed by atoms with E-state index in [1.807, 2.05) is 0 Å². The maximum Gasteiger partial charge on any atom is 0.332 e. The van der Waals surface area contributed by atoms with Crippen molar-refractivity contribution < 1.29 is 23.9 Å². The van der Waals surface area contributed by atoms with Crippen molar-refractivity contribution in [1.82, 2.24) is 20.2 Å². The molecule has 2 saturated heterocycles. The lowest BCUT2D eigenvalue weighted by Crippen LogP contribution is -2.49. The molecule has 10 heteroatoms. The van der Waals surface area contributed by atoms with Crippen molar-refractivity contribution in [2.45, 2.75) is 24.9 Å². The van der Waals surface area contributed by atoms with E-state index in [0.717, 1.165) is 4.90 Å². The average molecular weight is 411 g/mol. The van der Waals surface area contributed by atoms with E-state index in [-0.39, 0.29) is 29.6 Å². The molecule has 2 aromatic rings. The third-order valence-electron chi connectivity index (χ3n) is 5.27. The molecular weight excluding hydrogens is 390 g/mol. The molecule has 2 fully saturated rings. The summed E-state index contributed by atoms with van der Waals surface area (Å²) in [7, 11) is 3.00. The number of rotatable bonds is 5. The van der Waals surface area contributed by atoms with Gasteiger partial charge in [0.15, 0.2) is 0 Å². The number of benzene rings is 1. The first-order valence-corrected chi connectivity index (χ1v) is 9.46. The summed E-state index contributed by atoms with van der Waals surface area (Å²) in [6.07, 6.45) is 5.18. The molecule has 1 N–H and O–H groups in total. The van der Waals surface area contributed by atoms with E-state index in [1.54, 1.807) is 23.1 Å². The summed E-state index contributed by atoms with van der Waals surface area (Å²) in [6.45, 7) is 0.359. The van der Waals surface area contributed by atoms with Gasteiger partial charge in [-0.1, -0.05) is 0 Å². The van der Waals surface area contributed by atoms with Crippen LogP contribution >= 0.6 is 0 Å². The minimum atomic E-state index is -0.643. The monoisotopic (exact) mass is 411 g/mol. The maximum absolute atomic E-state index is 13.1. The summed E-state index contributed by atoms with van der Waals surface area (Å²) in [4.78, 5) is 49.0. The molecule has 0 radical (unpaired) electrons. The van der Waals surface area contributed by atoms with Crippen LogP contribution in [0.25, 0.3) is 0 Å². The lowest BCUT2D eigenvalue weighted by atomic mass is 9.98. The maximum atomic E-state index is 13.1. The van der Waals surface area contributed by atoms with E-state index in [1.165, 1.54) is 32.8 Å². The zero-order chi connectivity index (χ0) is 21.3. The number of hydrogen-bond acceptors (Lipinski definition) is 7. The second kappa shape index (κ2) is 7.97. The van der Waals surface area contributed by atoms with E-state index >= 15 is 0 Å². The first kappa shape index (κ1) is 19.6. The molecule has 1 aromatic heterocycles. The Hall–Kier alpha value is -3.69. The number of aromatic nitrogens is 2. The summed E-state index contributed by atoms with van der Waals surface area (Å²) in [5, 5.41) is 2.88. The molecule has 0 bridgehead atoms. The topological polar surface area (TPSA) is 114 Å². The first-order valence-electron chi connectivity index (χ1n) is 9.46. The smallest absolute Gasteiger partial charge is 0.332 e. The predicted molar refractivity (Wildman–Crippen MR) is 105 cm³/mol. The number of urea groups is 1. The van der Waals surface area contributed by atoms with Crippen molar-refractivity contribution in [2.24, 2.45) is 0 Å². The van der Waals surface area contributed by atoms with Gasteiger partial charge in [0.1, 0.15) is 23.2 Å². The van der Waals surface area contributed by atoms with E-state index in [9.17, 15) is 14.4 Å². The molecule has 1 aromatic carbocycles. The number of imide groups is 1. The fourth-order valence-electron chi connectivity index (χ4n) is 3.77. The molecule has 0 aliphatic carbocycles. The van der Waals surface area contributed by atoms with Crippen LogP contribution in [-0.4, -0.2) is 65.6 Å². The van der Waals surface area contributed by atoms with Crippen LogP contribution in [-0.2, 0) is 4.79 Å². The molecule has 2 aliphatic rings. The van der Waals surface area contributed by atoms with Crippen molar-refractivity contribution in [1.29, 1.82) is 0 Å². The Bertz CT molecular complexity index is 961. The lowest BCUT2D eigenvalue weighted by molar-refractivity contribution is -0.120. The molecule has 4 amide bonds. The van der Waals surface area contributed by atoms with Crippen LogP contribution < -0.4 is 19.7 Å². The summed E-state index contributed by atoms with van der Waals surface area (Å²) >= 11 is 0. The standard InChI is InChI=1S/C20H21N5O5/c1-29-14-8-13(9-15(10-14)30-2)25-19(27)17-7-12(3-6-24(17)20(25)28)23-18(26)16-11-21-4-5-22-16/h4-5,8-12,17H,3,6-7H2,1-2H3,(H,23,26). The van der Waals surface area contributed by atoms with Gasteiger partial charge in [-0.3, -0.25) is 14.6 Å². The van der Waals surface area contributed by atoms with Crippen molar-refractivity contribution >= 4 is 23.5 Å². The fraction of sp³-hybridized carbons (Fsp3) is 0.350. The predicted octanol–water partition coefficient (Wildman–Crippen LogP) is 1.22. The van der Waals surface area contributed by atoms with Crippen LogP contribution in [0.15, 0.2) is 36.8 Å². The number of methoxy groups -OCH3 is 2. The van der Waals surface area contributed by atoms with Gasteiger partial charge in [0, 0.05) is 43.2 Å². The minimum absolute atomic E-state index is 0.207. The van der Waals surface area contributed by atoms with Gasteiger partial charge in [-0.15, -0.1) is 0 Å². The average Bonchev–Trinajstić information content (AvgIpc) is 3.03. The number of piperidine rings is 1. The fourth-order valence-corrected chi connectivity index (χ4v) is 3.77. The summed E-state index contributed by atoms with van der Waals surface area (Å²) < 4.78 is 10.5. The molecule has 2 aliphatic heterocycles. The number of amides is 4. The number of nitrogens with one attached hydrogen (secondary N) is 1. The third-order valence-corrected chi connectivity index (χ3v) is 5.27. The van der Waals surface area contributed by atoms with Crippen molar-refractivity contribution in [2.75, 3.05) is 25.7 Å². The quantitative estimate of drug-likeness (QED) is 0.736. The Morgan fingerprint density at radius 3 is 2.50 bits per heavy atom. The highest BCUT2D eigenvalue weighted by Gasteiger charge is 2.49. The zero-order valence-corrected chi connectivity index (χ0v) is 16.6. The highest BCUT2D eigenvalue weighted by molar-refractivity contribution is 6.21. The second-order valence-electron chi connectivity index (χ2n) is 7.02. The van der Waals surface area contributed by atoms with Crippen LogP contribution in [0.2, 0.25) is 0 Å². The largest absolute Gasteiger partial charge is 0.497 e. The van der Waals surface area contributed by atoms with Gasteiger partial charge in [0.05, 0.1) is 26.1 Å². The summed E-state index contributed by atoms with van der Waals surface area (Å²) in [5.41, 5.74) is 0.592. The Morgan fingerprint density at radius 1 is 1.13 bits per heavy atom. The van der Waals surface area contributed by atoms with Gasteiger partial charge < -0.3 is 19.7 Å². The number of carbonyl (C=O) groups excluding carboxylic acids is 3. The number of carbonyl (C=O) groups is 3. The van der Waals surface area contributed by atoms with Crippen LogP contribution in [0.4, 0.5) is 10.5 Å². The van der Waals surface area contributed by atoms with E-state index in [4.69, 9.17) is 9.47 Å². The van der Waals surface area contributed by atoms with Crippen LogP contribution in [0, 0.1) is 0 Å². The summed E-state index contributed by atoms with van der Waals surface area (Å²) in [5.74, 6) is 0.259. The van der Waals surface area contributed by atoms with Gasteiger partial charge in [0.2, 0.25) is 0 Å². The Kier molecular flexibility index (Phi) is 5.21. The van der Waals surface area contributed by atoms with Gasteiger partial charge >= 0.3 is 6.03 Å². The van der Waals surface area contributed by atoms with E-state index in [2.05, 4.69) is 15.3 Å². The van der Waals surface area contributed by atoms with Crippen molar-refractivity contribution in [3.63, 3.8) is 0 Å². The minimum Gasteiger partial charge on any atom is -0.497 e. The lowest BCUT2D eigenvalue weighted by Gasteiger charge is -2.32. The molecule has 3 heterocycles. The second-order valence-corrected chi connectivity index (χ2v) is 7.02. The number of ether oxygens (including phenoxy) is 2. The molecule has 0 spiro atoms. The first-order chi connectivity index (χ1) is 14.5. The third kappa shape index (κ3) is 3.51. The Morgan fingerprint density at radius 2 is 1.87 bits per heavy atom. The molecule has 4 rings (SSSR count). The Balaban J connectivity index is 1.52. The highest BCUT2D eigenvalue weighted by Crippen LogP contribution is 2.35. The van der Waals surface area contributed by atoms with Crippen LogP contribution in [0.3, 0.4) is 0 Å². The molecule has 10 nitrogen and oxygen atoms in total. The highest BCUT2D eigenvalue weighted by atomic mass is 16.5. The molecule has 156 valence electrons. The van der Waals surface area contributed by atoms with Crippen LogP contribution in [0.5, 0.6) is 11.5 Å². The van der Waals surface area contributed by atoms with E-state index < -0.39 is 6.04 Å². The van der Waals surface area contributed by atoms with E-state index in [0.29, 0.717) is 36.6 Å². The van der Waals surface area contributed by atoms with Gasteiger partial charge in [0.25, 0.3) is 11.8 Å². The molecular formula is C20H21N5O5. The summed E-state index contributed by atoms with van der Waals surface area (Å²) in [6, 6.07) is 3.61.